The lowest BCUT2D eigenvalue weighted by Gasteiger charge is -2.27. The second-order valence-electron chi connectivity index (χ2n) is 5.55. The van der Waals surface area contributed by atoms with Crippen LogP contribution in [0.2, 0.25) is 0 Å². The lowest BCUT2D eigenvalue weighted by Crippen LogP contribution is -2.35. The Balaban J connectivity index is 1.91. The van der Waals surface area contributed by atoms with Crippen molar-refractivity contribution in [2.45, 2.75) is 25.9 Å². The van der Waals surface area contributed by atoms with Crippen LogP contribution in [0.3, 0.4) is 0 Å². The van der Waals surface area contributed by atoms with Gasteiger partial charge in [0.25, 0.3) is 0 Å². The monoisotopic (exact) mass is 278 g/mol. The maximum atomic E-state index is 9.53. The molecule has 0 spiro atoms. The maximum Gasteiger partial charge on any atom is 0.0637 e. The molecule has 20 heavy (non-hydrogen) atoms. The van der Waals surface area contributed by atoms with Gasteiger partial charge in [-0.25, -0.2) is 0 Å². The van der Waals surface area contributed by atoms with E-state index in [4.69, 9.17) is 4.74 Å². The summed E-state index contributed by atoms with van der Waals surface area (Å²) in [6, 6.07) is 8.90. The van der Waals surface area contributed by atoms with E-state index in [1.54, 1.807) is 7.11 Å². The number of hydrogen-bond acceptors (Lipinski definition) is 4. The van der Waals surface area contributed by atoms with Crippen molar-refractivity contribution in [3.63, 3.8) is 0 Å². The third-order valence-electron chi connectivity index (χ3n) is 4.15. The third kappa shape index (κ3) is 3.72. The lowest BCUT2D eigenvalue weighted by molar-refractivity contribution is 0.199. The molecule has 4 heteroatoms. The van der Waals surface area contributed by atoms with Crippen LogP contribution < -0.4 is 10.2 Å². The fraction of sp³-hybridized carbons (Fsp3) is 0.625. The number of benzene rings is 1. The largest absolute Gasteiger partial charge is 0.394 e. The summed E-state index contributed by atoms with van der Waals surface area (Å²) in [6.45, 7) is 5.97. The van der Waals surface area contributed by atoms with Gasteiger partial charge in [-0.1, -0.05) is 19.1 Å². The van der Waals surface area contributed by atoms with Crippen LogP contribution in [-0.2, 0) is 11.3 Å². The van der Waals surface area contributed by atoms with Crippen molar-refractivity contribution >= 4 is 5.69 Å². The van der Waals surface area contributed by atoms with Crippen molar-refractivity contribution in [1.29, 1.82) is 0 Å². The highest BCUT2D eigenvalue weighted by molar-refractivity contribution is 5.49. The summed E-state index contributed by atoms with van der Waals surface area (Å²) in [6.07, 6.45) is 1.16. The Labute approximate surface area is 121 Å². The molecule has 0 saturated carbocycles. The Morgan fingerprint density at radius 1 is 1.35 bits per heavy atom. The van der Waals surface area contributed by atoms with Gasteiger partial charge < -0.3 is 20.1 Å². The number of nitrogens with one attached hydrogen (secondary N) is 1. The Bertz CT molecular complexity index is 394. The van der Waals surface area contributed by atoms with Gasteiger partial charge in [0.1, 0.15) is 0 Å². The van der Waals surface area contributed by atoms with Gasteiger partial charge in [-0.15, -0.1) is 0 Å². The molecule has 4 nitrogen and oxygen atoms in total. The highest BCUT2D eigenvalue weighted by Gasteiger charge is 2.30. The van der Waals surface area contributed by atoms with E-state index in [2.05, 4.69) is 41.4 Å². The average Bonchev–Trinajstić information content (AvgIpc) is 2.85. The van der Waals surface area contributed by atoms with Crippen LogP contribution in [0.5, 0.6) is 0 Å². The Hall–Kier alpha value is -1.10. The van der Waals surface area contributed by atoms with Crippen LogP contribution in [0.15, 0.2) is 24.3 Å². The summed E-state index contributed by atoms with van der Waals surface area (Å²) < 4.78 is 5.01. The molecule has 1 saturated heterocycles. The molecule has 0 aromatic heterocycles. The normalized spacial score (nSPS) is 22.4. The molecule has 0 aliphatic carbocycles. The number of ether oxygens (including phenoxy) is 1. The zero-order chi connectivity index (χ0) is 14.4. The molecule has 1 heterocycles. The van der Waals surface area contributed by atoms with Gasteiger partial charge >= 0.3 is 0 Å². The standard InChI is InChI=1S/C16H26N2O2/c1-13-7-9-18(16(13)12-19)15-5-3-14(4-6-15)11-17-8-10-20-2/h3-6,13,16-17,19H,7-12H2,1-2H3. The van der Waals surface area contributed by atoms with Gasteiger partial charge in [-0.05, 0) is 30.0 Å². The van der Waals surface area contributed by atoms with Crippen molar-refractivity contribution < 1.29 is 9.84 Å². The van der Waals surface area contributed by atoms with E-state index in [0.29, 0.717) is 5.92 Å². The predicted octanol–water partition coefficient (Wildman–Crippen LogP) is 1.63. The van der Waals surface area contributed by atoms with Gasteiger partial charge in [-0.3, -0.25) is 0 Å². The molecule has 2 atom stereocenters. The first-order valence-electron chi connectivity index (χ1n) is 7.42. The van der Waals surface area contributed by atoms with Crippen LogP contribution in [0.25, 0.3) is 0 Å². The number of methoxy groups -OCH3 is 1. The maximum absolute atomic E-state index is 9.53. The summed E-state index contributed by atoms with van der Waals surface area (Å²) in [5.74, 6) is 0.565. The predicted molar refractivity (Wildman–Crippen MR) is 82.0 cm³/mol. The zero-order valence-corrected chi connectivity index (χ0v) is 12.5. The van der Waals surface area contributed by atoms with Gasteiger partial charge in [-0.2, -0.15) is 0 Å². The zero-order valence-electron chi connectivity index (χ0n) is 12.5. The number of hydrogen-bond donors (Lipinski definition) is 2. The van der Waals surface area contributed by atoms with Crippen molar-refractivity contribution in [1.82, 2.24) is 5.32 Å². The second kappa shape index (κ2) is 7.62. The molecule has 1 aromatic carbocycles. The summed E-state index contributed by atoms with van der Waals surface area (Å²) in [7, 11) is 1.71. The summed E-state index contributed by atoms with van der Waals surface area (Å²) in [5.41, 5.74) is 2.49. The minimum atomic E-state index is 0.238. The summed E-state index contributed by atoms with van der Waals surface area (Å²) in [4.78, 5) is 2.33. The van der Waals surface area contributed by atoms with Crippen molar-refractivity contribution in [3.8, 4) is 0 Å². The molecule has 2 unspecified atom stereocenters. The fourth-order valence-electron chi connectivity index (χ4n) is 2.82. The first-order chi connectivity index (χ1) is 9.76. The number of aliphatic hydroxyl groups excluding tert-OH is 1. The summed E-state index contributed by atoms with van der Waals surface area (Å²) in [5, 5.41) is 12.9. The fourth-order valence-corrected chi connectivity index (χ4v) is 2.82. The van der Waals surface area contributed by atoms with E-state index in [9.17, 15) is 5.11 Å². The van der Waals surface area contributed by atoms with E-state index in [1.807, 2.05) is 0 Å². The Kier molecular flexibility index (Phi) is 5.83. The van der Waals surface area contributed by atoms with Crippen LogP contribution >= 0.6 is 0 Å². The number of rotatable bonds is 7. The van der Waals surface area contributed by atoms with E-state index in [1.165, 1.54) is 11.3 Å². The SMILES string of the molecule is COCCNCc1ccc(N2CCC(C)C2CO)cc1. The van der Waals surface area contributed by atoms with Crippen molar-refractivity contribution in [2.75, 3.05) is 38.3 Å². The van der Waals surface area contributed by atoms with Gasteiger partial charge in [0.2, 0.25) is 0 Å². The van der Waals surface area contributed by atoms with E-state index in [-0.39, 0.29) is 12.6 Å². The first-order valence-corrected chi connectivity index (χ1v) is 7.42. The number of anilines is 1. The molecule has 0 radical (unpaired) electrons. The van der Waals surface area contributed by atoms with Crippen molar-refractivity contribution in [3.05, 3.63) is 29.8 Å². The molecule has 0 amide bonds. The van der Waals surface area contributed by atoms with Crippen LogP contribution in [0.4, 0.5) is 5.69 Å². The molecule has 1 aliphatic rings. The molecule has 1 aromatic rings. The van der Waals surface area contributed by atoms with Gasteiger partial charge in [0.15, 0.2) is 0 Å². The molecule has 112 valence electrons. The molecular weight excluding hydrogens is 252 g/mol. The molecule has 1 aliphatic heterocycles. The molecule has 2 rings (SSSR count). The highest BCUT2D eigenvalue weighted by atomic mass is 16.5. The Morgan fingerprint density at radius 2 is 2.10 bits per heavy atom. The smallest absolute Gasteiger partial charge is 0.0637 e. The van der Waals surface area contributed by atoms with Crippen LogP contribution in [0.1, 0.15) is 18.9 Å². The minimum Gasteiger partial charge on any atom is -0.394 e. The highest BCUT2D eigenvalue weighted by Crippen LogP contribution is 2.29. The molecule has 1 fully saturated rings. The minimum absolute atomic E-state index is 0.238. The molecular formula is C16H26N2O2. The third-order valence-corrected chi connectivity index (χ3v) is 4.15. The van der Waals surface area contributed by atoms with E-state index < -0.39 is 0 Å². The lowest BCUT2D eigenvalue weighted by atomic mass is 10.0. The van der Waals surface area contributed by atoms with Crippen molar-refractivity contribution in [2.24, 2.45) is 5.92 Å². The molecule has 2 N–H and O–H groups in total. The van der Waals surface area contributed by atoms with E-state index in [0.717, 1.165) is 32.7 Å². The quantitative estimate of drug-likeness (QED) is 0.744. The first kappa shape index (κ1) is 15.3. The topological polar surface area (TPSA) is 44.7 Å². The van der Waals surface area contributed by atoms with Crippen LogP contribution in [0, 0.1) is 5.92 Å². The van der Waals surface area contributed by atoms with Gasteiger partial charge in [0.05, 0.1) is 19.3 Å². The van der Waals surface area contributed by atoms with Crippen LogP contribution in [-0.4, -0.2) is 44.6 Å². The average molecular weight is 278 g/mol. The van der Waals surface area contributed by atoms with E-state index >= 15 is 0 Å². The number of aliphatic hydroxyl groups is 1. The van der Waals surface area contributed by atoms with Gasteiger partial charge in [0, 0.05) is 32.4 Å². The number of nitrogens with zero attached hydrogens (tertiary/aromatic N) is 1. The summed E-state index contributed by atoms with van der Waals surface area (Å²) >= 11 is 0. The molecule has 0 bridgehead atoms. The second-order valence-corrected chi connectivity index (χ2v) is 5.55. The Morgan fingerprint density at radius 3 is 2.75 bits per heavy atom.